The summed E-state index contributed by atoms with van der Waals surface area (Å²) in [6.45, 7) is 3.63. The molecule has 0 bridgehead atoms. The van der Waals surface area contributed by atoms with Crippen LogP contribution in [-0.2, 0) is 18.6 Å². The Labute approximate surface area is 113 Å². The third kappa shape index (κ3) is 3.96. The van der Waals surface area contributed by atoms with Gasteiger partial charge < -0.3 is 4.74 Å². The Morgan fingerprint density at radius 1 is 1.58 bits per heavy atom. The van der Waals surface area contributed by atoms with E-state index in [1.165, 1.54) is 0 Å². The van der Waals surface area contributed by atoms with Gasteiger partial charge in [-0.2, -0.15) is 0 Å². The zero-order valence-electron chi connectivity index (χ0n) is 11.2. The van der Waals surface area contributed by atoms with Gasteiger partial charge in [0.25, 0.3) is 0 Å². The Kier molecular flexibility index (Phi) is 4.86. The van der Waals surface area contributed by atoms with Crippen molar-refractivity contribution in [2.75, 3.05) is 6.29 Å². The number of carbonyl (C=O) groups excluding carboxylic acids is 1. The van der Waals surface area contributed by atoms with Crippen molar-refractivity contribution in [1.29, 1.82) is 0 Å². The first-order chi connectivity index (χ1) is 9.06. The summed E-state index contributed by atoms with van der Waals surface area (Å²) < 4.78 is 22.4. The summed E-state index contributed by atoms with van der Waals surface area (Å²) in [4.78, 5) is 12.0. The van der Waals surface area contributed by atoms with Gasteiger partial charge in [-0.15, -0.1) is 4.52 Å². The molecule has 104 valence electrons. The van der Waals surface area contributed by atoms with Gasteiger partial charge in [-0.1, -0.05) is 18.2 Å². The van der Waals surface area contributed by atoms with Crippen LogP contribution in [-0.4, -0.2) is 30.5 Å². The number of ether oxygens (including phenoxy) is 1. The van der Waals surface area contributed by atoms with Crippen molar-refractivity contribution in [3.63, 3.8) is 0 Å². The highest BCUT2D eigenvalue weighted by molar-refractivity contribution is 7.39. The number of allylic oxidation sites excluding steroid dienone is 2. The molecule has 1 fully saturated rings. The van der Waals surface area contributed by atoms with Crippen molar-refractivity contribution in [3.8, 4) is 0 Å². The lowest BCUT2D eigenvalue weighted by Crippen LogP contribution is -2.41. The molecular formula is C13H19NO4P+. The molecule has 19 heavy (non-hydrogen) atoms. The molecule has 6 heteroatoms. The molecule has 1 N–H and O–H groups in total. The minimum Gasteiger partial charge on any atom is -0.462 e. The van der Waals surface area contributed by atoms with Crippen LogP contribution in [0, 0.1) is 0 Å². The van der Waals surface area contributed by atoms with Crippen LogP contribution in [0.15, 0.2) is 23.8 Å². The third-order valence-corrected chi connectivity index (χ3v) is 3.93. The minimum atomic E-state index is -1.79. The number of esters is 1. The van der Waals surface area contributed by atoms with Crippen LogP contribution < -0.4 is 5.32 Å². The monoisotopic (exact) mass is 284 g/mol. The second-order valence-electron chi connectivity index (χ2n) is 4.94. The van der Waals surface area contributed by atoms with Crippen molar-refractivity contribution >= 4 is 14.0 Å². The molecule has 0 amide bonds. The molecular weight excluding hydrogens is 265 g/mol. The van der Waals surface area contributed by atoms with E-state index in [4.69, 9.17) is 9.26 Å². The maximum atomic E-state index is 12.0. The van der Waals surface area contributed by atoms with Crippen LogP contribution in [0.25, 0.3) is 0 Å². The van der Waals surface area contributed by atoms with Gasteiger partial charge in [-0.25, -0.2) is 0 Å². The minimum absolute atomic E-state index is 0.152. The van der Waals surface area contributed by atoms with E-state index in [9.17, 15) is 9.36 Å². The fraction of sp³-hybridized carbons (Fsp3) is 0.615. The van der Waals surface area contributed by atoms with Crippen molar-refractivity contribution in [2.24, 2.45) is 0 Å². The van der Waals surface area contributed by atoms with Crippen LogP contribution in [0.2, 0.25) is 0 Å². The summed E-state index contributed by atoms with van der Waals surface area (Å²) in [5, 5.41) is 2.96. The zero-order valence-corrected chi connectivity index (χ0v) is 12.1. The smallest absolute Gasteiger partial charge is 0.462 e. The first-order valence-electron chi connectivity index (χ1n) is 6.47. The maximum absolute atomic E-state index is 12.0. The van der Waals surface area contributed by atoms with E-state index >= 15 is 0 Å². The quantitative estimate of drug-likeness (QED) is 0.622. The second-order valence-corrected chi connectivity index (χ2v) is 6.13. The lowest BCUT2D eigenvalue weighted by atomic mass is 9.95. The van der Waals surface area contributed by atoms with Crippen LogP contribution in [0.1, 0.15) is 26.7 Å². The number of fused-ring (bicyclic) bond motifs is 1. The van der Waals surface area contributed by atoms with Crippen LogP contribution >= 0.6 is 8.03 Å². The molecule has 2 aliphatic rings. The van der Waals surface area contributed by atoms with Gasteiger partial charge in [0.15, 0.2) is 0 Å². The third-order valence-electron chi connectivity index (χ3n) is 3.00. The molecule has 0 saturated carbocycles. The second kappa shape index (κ2) is 6.42. The summed E-state index contributed by atoms with van der Waals surface area (Å²) in [7, 11) is -1.79. The van der Waals surface area contributed by atoms with Crippen molar-refractivity contribution in [1.82, 2.24) is 5.32 Å². The largest absolute Gasteiger partial charge is 0.524 e. The molecule has 0 aromatic heterocycles. The maximum Gasteiger partial charge on any atom is 0.524 e. The Hall–Kier alpha value is -1.03. The van der Waals surface area contributed by atoms with Crippen molar-refractivity contribution in [3.05, 3.63) is 23.8 Å². The summed E-state index contributed by atoms with van der Waals surface area (Å²) in [6, 6.07) is -0.453. The first-order valence-corrected chi connectivity index (χ1v) is 7.83. The number of hydrogen-bond donors (Lipinski definition) is 1. The van der Waals surface area contributed by atoms with E-state index in [2.05, 4.69) is 5.32 Å². The SMILES string of the molecule is CC(C)OC(=O)[C@@H]1CC2=CC=CCC2O[P+](=O)CN1. The van der Waals surface area contributed by atoms with Gasteiger partial charge in [0, 0.05) is 6.42 Å². The molecule has 3 atom stereocenters. The molecule has 1 aliphatic carbocycles. The Balaban J connectivity index is 2.11. The van der Waals surface area contributed by atoms with Crippen LogP contribution in [0.5, 0.6) is 0 Å². The molecule has 1 saturated heterocycles. The average molecular weight is 284 g/mol. The van der Waals surface area contributed by atoms with Crippen LogP contribution in [0.4, 0.5) is 0 Å². The molecule has 5 nitrogen and oxygen atoms in total. The predicted molar refractivity (Wildman–Crippen MR) is 72.0 cm³/mol. The number of carbonyl (C=O) groups is 1. The van der Waals surface area contributed by atoms with Gasteiger partial charge in [0.2, 0.25) is 6.29 Å². The fourth-order valence-corrected chi connectivity index (χ4v) is 3.06. The topological polar surface area (TPSA) is 64.6 Å². The van der Waals surface area contributed by atoms with Gasteiger partial charge >= 0.3 is 14.0 Å². The van der Waals surface area contributed by atoms with Gasteiger partial charge in [0.05, 0.1) is 6.10 Å². The van der Waals surface area contributed by atoms with Crippen LogP contribution in [0.3, 0.4) is 0 Å². The zero-order chi connectivity index (χ0) is 13.8. The van der Waals surface area contributed by atoms with Gasteiger partial charge in [0.1, 0.15) is 12.1 Å². The Morgan fingerprint density at radius 3 is 3.11 bits per heavy atom. The van der Waals surface area contributed by atoms with E-state index in [-0.39, 0.29) is 24.5 Å². The lowest BCUT2D eigenvalue weighted by molar-refractivity contribution is -0.149. The van der Waals surface area contributed by atoms with E-state index in [0.717, 1.165) is 5.57 Å². The van der Waals surface area contributed by atoms with Gasteiger partial charge in [-0.3, -0.25) is 10.1 Å². The summed E-state index contributed by atoms with van der Waals surface area (Å²) >= 11 is 0. The summed E-state index contributed by atoms with van der Waals surface area (Å²) in [6.07, 6.45) is 6.94. The summed E-state index contributed by atoms with van der Waals surface area (Å²) in [5.74, 6) is -0.297. The molecule has 1 aliphatic heterocycles. The summed E-state index contributed by atoms with van der Waals surface area (Å²) in [5.41, 5.74) is 0.990. The van der Waals surface area contributed by atoms with E-state index in [0.29, 0.717) is 12.8 Å². The molecule has 1 heterocycles. The molecule has 0 radical (unpaired) electrons. The lowest BCUT2D eigenvalue weighted by Gasteiger charge is -2.24. The average Bonchev–Trinajstić information content (AvgIpc) is 2.32. The van der Waals surface area contributed by atoms with E-state index in [1.54, 1.807) is 0 Å². The standard InChI is InChI=1S/C13H19NO4P/c1-9(2)17-13(15)11-7-10-5-3-4-6-12(10)18-19(16)8-14-11/h3-5,9,11-12,14H,6-8H2,1-2H3/q+1/t11-,12?/m0/s1. The Morgan fingerprint density at radius 2 is 2.37 bits per heavy atom. The molecule has 2 unspecified atom stereocenters. The molecule has 0 aromatic carbocycles. The molecule has 0 spiro atoms. The van der Waals surface area contributed by atoms with E-state index < -0.39 is 14.1 Å². The highest BCUT2D eigenvalue weighted by Gasteiger charge is 2.35. The van der Waals surface area contributed by atoms with Gasteiger partial charge in [-0.05, 0) is 30.4 Å². The normalized spacial score (nSPS) is 29.2. The number of nitrogens with one attached hydrogen (secondary N) is 1. The van der Waals surface area contributed by atoms with Crippen molar-refractivity contribution in [2.45, 2.75) is 44.9 Å². The number of hydrogen-bond acceptors (Lipinski definition) is 5. The highest BCUT2D eigenvalue weighted by atomic mass is 31.1. The highest BCUT2D eigenvalue weighted by Crippen LogP contribution is 2.33. The molecule has 2 rings (SSSR count). The van der Waals surface area contributed by atoms with Crippen molar-refractivity contribution < 1.29 is 18.6 Å². The number of rotatable bonds is 2. The Bertz CT molecular complexity index is 430. The predicted octanol–water partition coefficient (Wildman–Crippen LogP) is 2.27. The first kappa shape index (κ1) is 14.4. The fourth-order valence-electron chi connectivity index (χ4n) is 2.12. The van der Waals surface area contributed by atoms with E-state index in [1.807, 2.05) is 32.1 Å². The molecule has 0 aromatic rings.